The van der Waals surface area contributed by atoms with Crippen molar-refractivity contribution in [1.82, 2.24) is 10.6 Å². The fourth-order valence-electron chi connectivity index (χ4n) is 2.14. The number of methoxy groups -OCH3 is 1. The maximum absolute atomic E-state index is 5.02. The molecule has 0 aromatic heterocycles. The lowest BCUT2D eigenvalue weighted by Gasteiger charge is -2.23. The van der Waals surface area contributed by atoms with Crippen LogP contribution in [0.3, 0.4) is 0 Å². The normalized spacial score (nSPS) is 13.3. The molecular weight excluding hydrogens is 250 g/mol. The summed E-state index contributed by atoms with van der Waals surface area (Å²) in [5.74, 6) is 1.86. The number of hydrogen-bond donors (Lipinski definition) is 2. The Bertz CT molecular complexity index is 390. The summed E-state index contributed by atoms with van der Waals surface area (Å²) in [6.45, 7) is 6.80. The second-order valence-electron chi connectivity index (χ2n) is 5.13. The number of nitrogens with zero attached hydrogens (tertiary/aromatic N) is 1. The van der Waals surface area contributed by atoms with E-state index in [1.54, 1.807) is 14.2 Å². The van der Waals surface area contributed by atoms with Crippen LogP contribution in [0.4, 0.5) is 0 Å². The van der Waals surface area contributed by atoms with Gasteiger partial charge in [0.15, 0.2) is 5.96 Å². The molecule has 0 aliphatic rings. The largest absolute Gasteiger partial charge is 0.383 e. The number of aliphatic imine (C=N–C) groups is 1. The van der Waals surface area contributed by atoms with Gasteiger partial charge in [0.25, 0.3) is 0 Å². The molecule has 112 valence electrons. The summed E-state index contributed by atoms with van der Waals surface area (Å²) in [4.78, 5) is 4.22. The molecule has 0 fully saturated rings. The van der Waals surface area contributed by atoms with Gasteiger partial charge in [0, 0.05) is 33.2 Å². The van der Waals surface area contributed by atoms with Crippen LogP contribution in [0, 0.1) is 5.92 Å². The zero-order chi connectivity index (χ0) is 14.8. The Labute approximate surface area is 122 Å². The number of ether oxygens (including phenoxy) is 1. The van der Waals surface area contributed by atoms with Gasteiger partial charge in [-0.2, -0.15) is 0 Å². The first-order valence-corrected chi connectivity index (χ1v) is 7.17. The fourth-order valence-corrected chi connectivity index (χ4v) is 2.14. The minimum Gasteiger partial charge on any atom is -0.383 e. The number of hydrogen-bond acceptors (Lipinski definition) is 2. The summed E-state index contributed by atoms with van der Waals surface area (Å²) in [6, 6.07) is 10.6. The zero-order valence-electron chi connectivity index (χ0n) is 13.0. The molecule has 0 radical (unpaired) electrons. The first-order valence-electron chi connectivity index (χ1n) is 7.17. The summed E-state index contributed by atoms with van der Waals surface area (Å²) in [5, 5.41) is 6.62. The summed E-state index contributed by atoms with van der Waals surface area (Å²) >= 11 is 0. The Morgan fingerprint density at radius 3 is 2.45 bits per heavy atom. The molecule has 0 saturated carbocycles. The fraction of sp³-hybridized carbons (Fsp3) is 0.562. The van der Waals surface area contributed by atoms with E-state index in [2.05, 4.69) is 59.8 Å². The summed E-state index contributed by atoms with van der Waals surface area (Å²) in [5.41, 5.74) is 1.36. The Morgan fingerprint density at radius 1 is 1.20 bits per heavy atom. The van der Waals surface area contributed by atoms with Crippen LogP contribution in [-0.2, 0) is 4.74 Å². The van der Waals surface area contributed by atoms with E-state index in [0.29, 0.717) is 18.4 Å². The lowest BCUT2D eigenvalue weighted by atomic mass is 9.88. The summed E-state index contributed by atoms with van der Waals surface area (Å²) in [6.07, 6.45) is 0. The highest BCUT2D eigenvalue weighted by Crippen LogP contribution is 2.23. The molecular formula is C16H27N3O. The van der Waals surface area contributed by atoms with Gasteiger partial charge < -0.3 is 15.4 Å². The molecule has 0 aliphatic heterocycles. The Hall–Kier alpha value is -1.55. The third kappa shape index (κ3) is 5.61. The monoisotopic (exact) mass is 277 g/mol. The number of nitrogens with one attached hydrogen (secondary N) is 2. The van der Waals surface area contributed by atoms with Crippen LogP contribution < -0.4 is 10.6 Å². The van der Waals surface area contributed by atoms with Crippen LogP contribution >= 0.6 is 0 Å². The first kappa shape index (κ1) is 16.5. The zero-order valence-corrected chi connectivity index (χ0v) is 13.0. The van der Waals surface area contributed by atoms with Crippen molar-refractivity contribution in [2.24, 2.45) is 10.9 Å². The number of guanidine groups is 1. The molecule has 0 bridgehead atoms. The van der Waals surface area contributed by atoms with Gasteiger partial charge >= 0.3 is 0 Å². The molecule has 4 heteroatoms. The van der Waals surface area contributed by atoms with E-state index in [4.69, 9.17) is 4.74 Å². The highest BCUT2D eigenvalue weighted by Gasteiger charge is 2.15. The van der Waals surface area contributed by atoms with E-state index in [1.165, 1.54) is 5.56 Å². The van der Waals surface area contributed by atoms with Gasteiger partial charge in [-0.05, 0) is 11.5 Å². The van der Waals surface area contributed by atoms with E-state index < -0.39 is 0 Å². The predicted molar refractivity (Wildman–Crippen MR) is 85.3 cm³/mol. The lowest BCUT2D eigenvalue weighted by Crippen LogP contribution is -2.41. The smallest absolute Gasteiger partial charge is 0.191 e. The maximum atomic E-state index is 5.02. The quantitative estimate of drug-likeness (QED) is 0.456. The van der Waals surface area contributed by atoms with Crippen LogP contribution in [0.2, 0.25) is 0 Å². The second kappa shape index (κ2) is 9.37. The standard InChI is InChI=1S/C16H27N3O/c1-13(2)15(14-8-6-5-7-9-14)12-19-16(17-3)18-10-11-20-4/h5-9,13,15H,10-12H2,1-4H3,(H2,17,18,19). The molecule has 4 nitrogen and oxygen atoms in total. The number of benzene rings is 1. The summed E-state index contributed by atoms with van der Waals surface area (Å²) in [7, 11) is 3.48. The van der Waals surface area contributed by atoms with E-state index in [0.717, 1.165) is 19.0 Å². The molecule has 1 unspecified atom stereocenters. The minimum atomic E-state index is 0.470. The molecule has 0 aliphatic carbocycles. The molecule has 1 rings (SSSR count). The first-order chi connectivity index (χ1) is 9.69. The predicted octanol–water partition coefficient (Wildman–Crippen LogP) is 2.24. The van der Waals surface area contributed by atoms with Crippen LogP contribution in [0.1, 0.15) is 25.3 Å². The van der Waals surface area contributed by atoms with Gasteiger partial charge in [0.1, 0.15) is 0 Å². The Kier molecular flexibility index (Phi) is 7.73. The van der Waals surface area contributed by atoms with Crippen molar-refractivity contribution >= 4 is 5.96 Å². The molecule has 1 atom stereocenters. The molecule has 20 heavy (non-hydrogen) atoms. The summed E-state index contributed by atoms with van der Waals surface area (Å²) < 4.78 is 5.02. The lowest BCUT2D eigenvalue weighted by molar-refractivity contribution is 0.203. The molecule has 2 N–H and O–H groups in total. The van der Waals surface area contributed by atoms with Gasteiger partial charge in [0.05, 0.1) is 6.61 Å². The molecule has 0 amide bonds. The van der Waals surface area contributed by atoms with Crippen LogP contribution in [-0.4, -0.2) is 39.8 Å². The van der Waals surface area contributed by atoms with Crippen LogP contribution in [0.5, 0.6) is 0 Å². The average Bonchev–Trinajstić information content (AvgIpc) is 2.46. The van der Waals surface area contributed by atoms with E-state index in [1.807, 2.05) is 0 Å². The van der Waals surface area contributed by atoms with Gasteiger partial charge in [-0.25, -0.2) is 0 Å². The van der Waals surface area contributed by atoms with Crippen molar-refractivity contribution in [2.75, 3.05) is 33.9 Å². The second-order valence-corrected chi connectivity index (χ2v) is 5.13. The van der Waals surface area contributed by atoms with E-state index in [-0.39, 0.29) is 0 Å². The van der Waals surface area contributed by atoms with Crippen molar-refractivity contribution in [3.63, 3.8) is 0 Å². The molecule has 1 aromatic rings. The van der Waals surface area contributed by atoms with Crippen molar-refractivity contribution in [2.45, 2.75) is 19.8 Å². The topological polar surface area (TPSA) is 45.7 Å². The van der Waals surface area contributed by atoms with Gasteiger partial charge in [0.2, 0.25) is 0 Å². The number of rotatable bonds is 7. The SMILES string of the molecule is CN=C(NCCOC)NCC(c1ccccc1)C(C)C. The Balaban J connectivity index is 2.54. The van der Waals surface area contributed by atoms with Crippen LogP contribution in [0.25, 0.3) is 0 Å². The van der Waals surface area contributed by atoms with E-state index in [9.17, 15) is 0 Å². The third-order valence-corrected chi connectivity index (χ3v) is 3.34. The van der Waals surface area contributed by atoms with Crippen molar-refractivity contribution in [3.05, 3.63) is 35.9 Å². The molecule has 0 spiro atoms. The maximum Gasteiger partial charge on any atom is 0.191 e. The minimum absolute atomic E-state index is 0.470. The molecule has 1 aromatic carbocycles. The third-order valence-electron chi connectivity index (χ3n) is 3.34. The molecule has 0 saturated heterocycles. The highest BCUT2D eigenvalue weighted by atomic mass is 16.5. The van der Waals surface area contributed by atoms with Crippen molar-refractivity contribution in [1.29, 1.82) is 0 Å². The molecule has 0 heterocycles. The van der Waals surface area contributed by atoms with Gasteiger partial charge in [-0.15, -0.1) is 0 Å². The van der Waals surface area contributed by atoms with Crippen molar-refractivity contribution in [3.8, 4) is 0 Å². The average molecular weight is 277 g/mol. The van der Waals surface area contributed by atoms with Crippen LogP contribution in [0.15, 0.2) is 35.3 Å². The Morgan fingerprint density at radius 2 is 1.90 bits per heavy atom. The highest BCUT2D eigenvalue weighted by molar-refractivity contribution is 5.79. The van der Waals surface area contributed by atoms with Gasteiger partial charge in [-0.1, -0.05) is 44.2 Å². The van der Waals surface area contributed by atoms with Crippen molar-refractivity contribution < 1.29 is 4.74 Å². The van der Waals surface area contributed by atoms with E-state index >= 15 is 0 Å². The van der Waals surface area contributed by atoms with Gasteiger partial charge in [-0.3, -0.25) is 4.99 Å².